The second-order valence-electron chi connectivity index (χ2n) is 11.6. The van der Waals surface area contributed by atoms with Crippen molar-refractivity contribution >= 4 is 28.8 Å². The summed E-state index contributed by atoms with van der Waals surface area (Å²) in [5, 5.41) is 22.9. The van der Waals surface area contributed by atoms with E-state index in [1.165, 1.54) is 41.3 Å². The van der Waals surface area contributed by atoms with Crippen molar-refractivity contribution in [2.24, 2.45) is 0 Å². The minimum atomic E-state index is -1.26. The van der Waals surface area contributed by atoms with Gasteiger partial charge in [0.1, 0.15) is 11.2 Å². The number of hydrogen-bond acceptors (Lipinski definition) is 9. The average Bonchev–Trinajstić information content (AvgIpc) is 2.82. The highest BCUT2D eigenvalue weighted by Gasteiger charge is 2.27. The number of aliphatic hydroxyl groups excluding tert-OH is 1. The number of pyridine rings is 1. The molecule has 0 radical (unpaired) electrons. The van der Waals surface area contributed by atoms with Gasteiger partial charge in [-0.05, 0) is 77.3 Å². The van der Waals surface area contributed by atoms with Crippen LogP contribution in [0.1, 0.15) is 64.3 Å². The lowest BCUT2D eigenvalue weighted by Crippen LogP contribution is -2.39. The topological polar surface area (TPSA) is 161 Å². The Bertz CT molecular complexity index is 1520. The van der Waals surface area contributed by atoms with E-state index in [9.17, 15) is 29.6 Å². The Kier molecular flexibility index (Phi) is 9.07. The average molecular weight is 570 g/mol. The molecule has 0 aliphatic heterocycles. The van der Waals surface area contributed by atoms with Crippen LogP contribution in [0.4, 0.5) is 15.3 Å². The van der Waals surface area contributed by atoms with Crippen molar-refractivity contribution in [2.75, 3.05) is 6.54 Å². The molecule has 0 saturated carbocycles. The van der Waals surface area contributed by atoms with Gasteiger partial charge in [-0.2, -0.15) is 0 Å². The van der Waals surface area contributed by atoms with E-state index in [1.54, 1.807) is 54.5 Å². The number of aromatic nitrogens is 1. The van der Waals surface area contributed by atoms with Gasteiger partial charge >= 0.3 is 12.2 Å². The Hall–Kier alpha value is -4.45. The number of nitrogens with zero attached hydrogens (tertiary/aromatic N) is 2. The number of nitro groups is 1. The van der Waals surface area contributed by atoms with Gasteiger partial charge in [0.05, 0.1) is 23.1 Å². The zero-order valence-electron chi connectivity index (χ0n) is 24.1. The van der Waals surface area contributed by atoms with Gasteiger partial charge in [0.25, 0.3) is 5.69 Å². The van der Waals surface area contributed by atoms with Crippen LogP contribution in [-0.4, -0.2) is 49.9 Å². The highest BCUT2D eigenvalue weighted by Crippen LogP contribution is 2.31. The molecule has 12 heteroatoms. The monoisotopic (exact) mass is 569 g/mol. The van der Waals surface area contributed by atoms with Crippen LogP contribution >= 0.6 is 0 Å². The van der Waals surface area contributed by atoms with Crippen molar-refractivity contribution in [1.29, 1.82) is 0 Å². The number of carbonyl (C=O) groups is 2. The first-order valence-electron chi connectivity index (χ1n) is 12.9. The van der Waals surface area contributed by atoms with Gasteiger partial charge in [-0.25, -0.2) is 9.59 Å². The fraction of sp³-hybridized carbons (Fsp3) is 0.414. The van der Waals surface area contributed by atoms with Crippen molar-refractivity contribution in [2.45, 2.75) is 72.3 Å². The van der Waals surface area contributed by atoms with Gasteiger partial charge in [0.2, 0.25) is 5.56 Å². The summed E-state index contributed by atoms with van der Waals surface area (Å²) in [6, 6.07) is 9.99. The highest BCUT2D eigenvalue weighted by molar-refractivity contribution is 5.89. The molecule has 3 aromatic rings. The van der Waals surface area contributed by atoms with E-state index < -0.39 is 40.0 Å². The molecule has 220 valence electrons. The van der Waals surface area contributed by atoms with Crippen LogP contribution in [0.3, 0.4) is 0 Å². The number of amides is 1. The van der Waals surface area contributed by atoms with Crippen molar-refractivity contribution in [3.8, 4) is 5.75 Å². The molecule has 12 nitrogen and oxygen atoms in total. The quantitative estimate of drug-likeness (QED) is 0.161. The smallest absolute Gasteiger partial charge is 0.444 e. The first kappa shape index (κ1) is 31.1. The maximum absolute atomic E-state index is 13.2. The number of benzene rings is 2. The number of carbonyl (C=O) groups excluding carboxylic acids is 2. The van der Waals surface area contributed by atoms with Gasteiger partial charge in [-0.3, -0.25) is 14.9 Å². The summed E-state index contributed by atoms with van der Waals surface area (Å²) in [4.78, 5) is 52.2. The summed E-state index contributed by atoms with van der Waals surface area (Å²) in [5.41, 5.74) is -0.428. The molecule has 0 bridgehead atoms. The minimum Gasteiger partial charge on any atom is -0.444 e. The Balaban J connectivity index is 1.97. The molecule has 1 amide bonds. The van der Waals surface area contributed by atoms with E-state index in [2.05, 4.69) is 4.98 Å². The van der Waals surface area contributed by atoms with E-state index in [1.807, 2.05) is 0 Å². The van der Waals surface area contributed by atoms with Gasteiger partial charge in [-0.1, -0.05) is 12.1 Å². The maximum Gasteiger partial charge on any atom is 0.514 e. The van der Waals surface area contributed by atoms with E-state index >= 15 is 0 Å². The molecule has 1 heterocycles. The highest BCUT2D eigenvalue weighted by atomic mass is 16.7. The molecule has 41 heavy (non-hydrogen) atoms. The number of aromatic amines is 1. The zero-order chi connectivity index (χ0) is 30.7. The molecule has 0 aliphatic rings. The Morgan fingerprint density at radius 3 is 2.27 bits per heavy atom. The number of nitrogens with one attached hydrogen (secondary N) is 1. The lowest BCUT2D eigenvalue weighted by molar-refractivity contribution is -0.384. The predicted octanol–water partition coefficient (Wildman–Crippen LogP) is 5.53. The summed E-state index contributed by atoms with van der Waals surface area (Å²) in [6.45, 7) is 11.7. The molecule has 2 N–H and O–H groups in total. The number of nitro benzene ring substituents is 1. The van der Waals surface area contributed by atoms with Crippen molar-refractivity contribution < 1.29 is 33.8 Å². The fourth-order valence-corrected chi connectivity index (χ4v) is 4.00. The maximum atomic E-state index is 13.2. The number of hydrogen-bond donors (Lipinski definition) is 2. The number of aliphatic hydroxyl groups is 1. The first-order chi connectivity index (χ1) is 18.9. The number of ether oxygens (including phenoxy) is 3. The predicted molar refractivity (Wildman–Crippen MR) is 151 cm³/mol. The standard InChI is InChI=1S/C29H35N3O9/c1-17-14-19(32(37)38)9-8-18(17)15-31(26(35)40-28(2,3)4)16-22(33)20-10-12-23(39-27(36)41-29(5,6)7)25-21(20)11-13-24(34)30-25/h8-14,22,33H,15-16H2,1-7H3,(H,30,34)/t22-/m0/s1. The molecule has 0 spiro atoms. The molecule has 1 atom stereocenters. The molecule has 0 fully saturated rings. The van der Waals surface area contributed by atoms with Gasteiger partial charge < -0.3 is 29.2 Å². The number of H-pyrrole nitrogens is 1. The van der Waals surface area contributed by atoms with Crippen molar-refractivity contribution in [3.63, 3.8) is 0 Å². The minimum absolute atomic E-state index is 0.00437. The summed E-state index contributed by atoms with van der Waals surface area (Å²) < 4.78 is 16.1. The third-order valence-electron chi connectivity index (χ3n) is 5.78. The van der Waals surface area contributed by atoms with E-state index in [0.29, 0.717) is 22.1 Å². The largest absolute Gasteiger partial charge is 0.514 e. The molecule has 0 saturated heterocycles. The molecule has 0 aliphatic carbocycles. The van der Waals surface area contributed by atoms with Gasteiger partial charge in [-0.15, -0.1) is 0 Å². The summed E-state index contributed by atoms with van der Waals surface area (Å²) in [7, 11) is 0. The fourth-order valence-electron chi connectivity index (χ4n) is 4.00. The summed E-state index contributed by atoms with van der Waals surface area (Å²) in [6.07, 6.45) is -2.92. The van der Waals surface area contributed by atoms with Gasteiger partial charge in [0.15, 0.2) is 5.75 Å². The lowest BCUT2D eigenvalue weighted by Gasteiger charge is -2.30. The Labute approximate surface area is 237 Å². The third kappa shape index (κ3) is 8.52. The first-order valence-corrected chi connectivity index (χ1v) is 12.9. The molecular weight excluding hydrogens is 534 g/mol. The lowest BCUT2D eigenvalue weighted by atomic mass is 10.0. The van der Waals surface area contributed by atoms with Gasteiger partial charge in [0, 0.05) is 30.1 Å². The molecule has 0 unspecified atom stereocenters. The third-order valence-corrected chi connectivity index (χ3v) is 5.78. The van der Waals surface area contributed by atoms with Crippen LogP contribution in [-0.2, 0) is 16.0 Å². The van der Waals surface area contributed by atoms with E-state index in [0.717, 1.165) is 0 Å². The zero-order valence-corrected chi connectivity index (χ0v) is 24.1. The molecule has 3 rings (SSSR count). The van der Waals surface area contributed by atoms with Crippen LogP contribution in [0.2, 0.25) is 0 Å². The van der Waals surface area contributed by atoms with Crippen LogP contribution in [0.5, 0.6) is 5.75 Å². The van der Waals surface area contributed by atoms with Crippen LogP contribution in [0.25, 0.3) is 10.9 Å². The summed E-state index contributed by atoms with van der Waals surface area (Å²) in [5.74, 6) is 0.0217. The van der Waals surface area contributed by atoms with Crippen molar-refractivity contribution in [1.82, 2.24) is 9.88 Å². The van der Waals surface area contributed by atoms with Crippen LogP contribution in [0, 0.1) is 17.0 Å². The SMILES string of the molecule is Cc1cc([N+](=O)[O-])ccc1CN(C[C@H](O)c1ccc(OC(=O)OC(C)(C)C)c2[nH]c(=O)ccc12)C(=O)OC(C)(C)C. The number of non-ortho nitro benzene ring substituents is 1. The van der Waals surface area contributed by atoms with E-state index in [-0.39, 0.29) is 30.0 Å². The summed E-state index contributed by atoms with van der Waals surface area (Å²) >= 11 is 0. The normalized spacial score (nSPS) is 12.5. The second kappa shape index (κ2) is 12.0. The molecular formula is C29H35N3O9. The Morgan fingerprint density at radius 2 is 1.68 bits per heavy atom. The second-order valence-corrected chi connectivity index (χ2v) is 11.6. The van der Waals surface area contributed by atoms with Crippen LogP contribution < -0.4 is 10.3 Å². The molecule has 2 aromatic carbocycles. The van der Waals surface area contributed by atoms with Crippen LogP contribution in [0.15, 0.2) is 47.3 Å². The Morgan fingerprint density at radius 1 is 1.02 bits per heavy atom. The number of rotatable bonds is 7. The van der Waals surface area contributed by atoms with E-state index in [4.69, 9.17) is 14.2 Å². The molecule has 1 aromatic heterocycles. The number of fused-ring (bicyclic) bond motifs is 1. The van der Waals surface area contributed by atoms with Crippen molar-refractivity contribution in [3.05, 3.63) is 79.6 Å². The number of aryl methyl sites for hydroxylation is 1.